The third-order valence-electron chi connectivity index (χ3n) is 2.07. The van der Waals surface area contributed by atoms with E-state index in [1.54, 1.807) is 0 Å². The molecule has 0 aromatic carbocycles. The smallest absolute Gasteiger partial charge is 0.0208 e. The number of hydrogen-bond donors (Lipinski definition) is 1. The monoisotopic (exact) mass is 163 g/mol. The Bertz CT molecular complexity index is 211. The minimum atomic E-state index is 0.998. The van der Waals surface area contributed by atoms with E-state index in [1.165, 1.54) is 11.1 Å². The van der Waals surface area contributed by atoms with E-state index in [2.05, 4.69) is 31.0 Å². The molecule has 0 radical (unpaired) electrons. The molecule has 1 saturated heterocycles. The minimum absolute atomic E-state index is 0.998. The molecule has 66 valence electrons. The summed E-state index contributed by atoms with van der Waals surface area (Å²) < 4.78 is 0. The first-order valence-electron chi connectivity index (χ1n) is 4.60. The lowest BCUT2D eigenvalue weighted by molar-refractivity contribution is 0.680. The summed E-state index contributed by atoms with van der Waals surface area (Å²) in [5, 5.41) is 3.35. The van der Waals surface area contributed by atoms with Gasteiger partial charge in [-0.05, 0) is 30.5 Å². The van der Waals surface area contributed by atoms with Crippen LogP contribution in [0.2, 0.25) is 0 Å². The van der Waals surface area contributed by atoms with Crippen LogP contribution in [-0.2, 0) is 0 Å². The Morgan fingerprint density at radius 1 is 1.50 bits per heavy atom. The second-order valence-corrected chi connectivity index (χ2v) is 2.99. The van der Waals surface area contributed by atoms with Gasteiger partial charge in [0.1, 0.15) is 0 Å². The fraction of sp³-hybridized carbons (Fsp3) is 0.455. The fourth-order valence-corrected chi connectivity index (χ4v) is 1.51. The second-order valence-electron chi connectivity index (χ2n) is 2.99. The van der Waals surface area contributed by atoms with Gasteiger partial charge in [0.25, 0.3) is 0 Å². The highest BCUT2D eigenvalue weighted by Gasteiger charge is 2.08. The fourth-order valence-electron chi connectivity index (χ4n) is 1.51. The zero-order chi connectivity index (χ0) is 8.81. The maximum absolute atomic E-state index is 3.72. The topological polar surface area (TPSA) is 12.0 Å². The molecule has 1 heterocycles. The Hall–Kier alpha value is -0.820. The summed E-state index contributed by atoms with van der Waals surface area (Å²) in [7, 11) is 0. The van der Waals surface area contributed by atoms with E-state index in [0.717, 1.165) is 25.9 Å². The largest absolute Gasteiger partial charge is 0.312 e. The molecule has 1 fully saturated rings. The molecule has 0 atom stereocenters. The summed E-state index contributed by atoms with van der Waals surface area (Å²) in [5.41, 5.74) is 2.90. The molecule has 1 rings (SSSR count). The molecule has 1 nitrogen and oxygen atoms in total. The summed E-state index contributed by atoms with van der Waals surface area (Å²) in [6.07, 6.45) is 8.58. The molecule has 1 aliphatic rings. The minimum Gasteiger partial charge on any atom is -0.312 e. The Balaban J connectivity index is 2.73. The maximum atomic E-state index is 3.72. The van der Waals surface area contributed by atoms with Crippen LogP contribution in [0.25, 0.3) is 0 Å². The number of hydrogen-bond acceptors (Lipinski definition) is 1. The quantitative estimate of drug-likeness (QED) is 0.659. The van der Waals surface area contributed by atoms with Gasteiger partial charge in [0.15, 0.2) is 0 Å². The normalized spacial score (nSPS) is 24.8. The van der Waals surface area contributed by atoms with Gasteiger partial charge in [-0.1, -0.05) is 31.7 Å². The number of allylic oxidation sites excluding steroid dienone is 3. The molecule has 0 saturated carbocycles. The third kappa shape index (κ3) is 2.35. The van der Waals surface area contributed by atoms with Crippen LogP contribution in [-0.4, -0.2) is 13.1 Å². The zero-order valence-electron chi connectivity index (χ0n) is 7.77. The van der Waals surface area contributed by atoms with Crippen molar-refractivity contribution in [3.05, 3.63) is 36.0 Å². The Morgan fingerprint density at radius 3 is 3.00 bits per heavy atom. The molecule has 0 spiro atoms. The van der Waals surface area contributed by atoms with Crippen molar-refractivity contribution < 1.29 is 0 Å². The standard InChI is InChI=1S/C11H17N/c1-3-5-10-7-8-12-9-11(10)6-4-2/h4-6,12H,2-3,7-9H2,1H3/b10-5-,11-6-. The molecule has 12 heavy (non-hydrogen) atoms. The molecule has 0 bridgehead atoms. The van der Waals surface area contributed by atoms with Crippen LogP contribution in [0.3, 0.4) is 0 Å². The summed E-state index contributed by atoms with van der Waals surface area (Å²) >= 11 is 0. The van der Waals surface area contributed by atoms with Gasteiger partial charge in [0.2, 0.25) is 0 Å². The number of piperidine rings is 1. The van der Waals surface area contributed by atoms with Gasteiger partial charge in [-0.25, -0.2) is 0 Å². The van der Waals surface area contributed by atoms with Gasteiger partial charge in [0, 0.05) is 6.54 Å². The highest BCUT2D eigenvalue weighted by molar-refractivity contribution is 5.36. The molecule has 1 aliphatic heterocycles. The van der Waals surface area contributed by atoms with Crippen LogP contribution < -0.4 is 5.32 Å². The summed E-state index contributed by atoms with van der Waals surface area (Å²) in [4.78, 5) is 0. The predicted molar refractivity (Wildman–Crippen MR) is 54.1 cm³/mol. The summed E-state index contributed by atoms with van der Waals surface area (Å²) in [6, 6.07) is 0. The lowest BCUT2D eigenvalue weighted by atomic mass is 9.98. The average Bonchev–Trinajstić information content (AvgIpc) is 2.09. The van der Waals surface area contributed by atoms with Crippen molar-refractivity contribution in [1.29, 1.82) is 0 Å². The van der Waals surface area contributed by atoms with Gasteiger partial charge < -0.3 is 5.32 Å². The molecule has 0 aliphatic carbocycles. The molecular weight excluding hydrogens is 146 g/mol. The molecule has 0 amide bonds. The number of nitrogens with one attached hydrogen (secondary N) is 1. The SMILES string of the molecule is C=C/C=C1/CNCC/C1=C/CC. The van der Waals surface area contributed by atoms with Gasteiger partial charge in [-0.3, -0.25) is 0 Å². The van der Waals surface area contributed by atoms with Crippen LogP contribution in [0.1, 0.15) is 19.8 Å². The van der Waals surface area contributed by atoms with Crippen molar-refractivity contribution in [2.45, 2.75) is 19.8 Å². The summed E-state index contributed by atoms with van der Waals surface area (Å²) in [5.74, 6) is 0. The van der Waals surface area contributed by atoms with Crippen molar-refractivity contribution in [1.82, 2.24) is 5.32 Å². The van der Waals surface area contributed by atoms with E-state index < -0.39 is 0 Å². The average molecular weight is 163 g/mol. The van der Waals surface area contributed by atoms with Crippen LogP contribution >= 0.6 is 0 Å². The summed E-state index contributed by atoms with van der Waals surface area (Å²) in [6.45, 7) is 8.01. The maximum Gasteiger partial charge on any atom is 0.0208 e. The van der Waals surface area contributed by atoms with Gasteiger partial charge >= 0.3 is 0 Å². The van der Waals surface area contributed by atoms with Gasteiger partial charge in [-0.15, -0.1) is 0 Å². The highest BCUT2D eigenvalue weighted by atomic mass is 14.9. The molecule has 0 aromatic rings. The first kappa shape index (κ1) is 9.27. The highest BCUT2D eigenvalue weighted by Crippen LogP contribution is 2.17. The van der Waals surface area contributed by atoms with E-state index in [4.69, 9.17) is 0 Å². The van der Waals surface area contributed by atoms with Crippen LogP contribution in [0, 0.1) is 0 Å². The van der Waals surface area contributed by atoms with E-state index in [9.17, 15) is 0 Å². The Morgan fingerprint density at radius 2 is 2.33 bits per heavy atom. The molecule has 1 heteroatoms. The van der Waals surface area contributed by atoms with Crippen molar-refractivity contribution in [2.75, 3.05) is 13.1 Å². The van der Waals surface area contributed by atoms with Crippen molar-refractivity contribution in [3.63, 3.8) is 0 Å². The van der Waals surface area contributed by atoms with E-state index in [-0.39, 0.29) is 0 Å². The predicted octanol–water partition coefficient (Wildman–Crippen LogP) is 2.43. The Kier molecular flexibility index (Phi) is 3.81. The number of rotatable bonds is 2. The lowest BCUT2D eigenvalue weighted by Gasteiger charge is -2.19. The van der Waals surface area contributed by atoms with Gasteiger partial charge in [0.05, 0.1) is 0 Å². The van der Waals surface area contributed by atoms with Crippen LogP contribution in [0.15, 0.2) is 36.0 Å². The third-order valence-corrected chi connectivity index (χ3v) is 2.07. The first-order chi connectivity index (χ1) is 5.88. The van der Waals surface area contributed by atoms with Crippen LogP contribution in [0.5, 0.6) is 0 Å². The first-order valence-corrected chi connectivity index (χ1v) is 4.60. The molecule has 0 aromatic heterocycles. The van der Waals surface area contributed by atoms with E-state index in [1.807, 2.05) is 6.08 Å². The second kappa shape index (κ2) is 4.94. The van der Waals surface area contributed by atoms with E-state index >= 15 is 0 Å². The Labute approximate surface area is 74.9 Å². The van der Waals surface area contributed by atoms with Crippen molar-refractivity contribution in [2.24, 2.45) is 0 Å². The molecule has 0 unspecified atom stereocenters. The van der Waals surface area contributed by atoms with Crippen molar-refractivity contribution >= 4 is 0 Å². The lowest BCUT2D eigenvalue weighted by Crippen LogP contribution is -2.25. The van der Waals surface area contributed by atoms with Crippen LogP contribution in [0.4, 0.5) is 0 Å². The molecular formula is C11H17N. The van der Waals surface area contributed by atoms with Crippen molar-refractivity contribution in [3.8, 4) is 0 Å². The van der Waals surface area contributed by atoms with E-state index in [0.29, 0.717) is 0 Å². The molecule has 1 N–H and O–H groups in total. The van der Waals surface area contributed by atoms with Gasteiger partial charge in [-0.2, -0.15) is 0 Å². The zero-order valence-corrected chi connectivity index (χ0v) is 7.77.